The molecule has 0 bridgehead atoms. The van der Waals surface area contributed by atoms with Gasteiger partial charge in [-0.3, -0.25) is 14.6 Å². The molecule has 9 nitrogen and oxygen atoms in total. The number of carbonyl (C=O) groups is 2. The van der Waals surface area contributed by atoms with Gasteiger partial charge in [-0.05, 0) is 24.3 Å². The van der Waals surface area contributed by atoms with E-state index < -0.39 is 17.6 Å². The SMILES string of the molecule is O=C(Nc1cnc2[nH]c(=O)oc2c1)C(=O)N1CCN(c2ccc(Br)cc2)CC1. The van der Waals surface area contributed by atoms with Crippen LogP contribution in [0.3, 0.4) is 0 Å². The summed E-state index contributed by atoms with van der Waals surface area (Å²) in [7, 11) is 0. The number of hydrogen-bond acceptors (Lipinski definition) is 6. The van der Waals surface area contributed by atoms with Gasteiger partial charge in [-0.1, -0.05) is 15.9 Å². The first-order valence-corrected chi connectivity index (χ1v) is 9.38. The molecule has 10 heteroatoms. The smallest absolute Gasteiger partial charge is 0.406 e. The van der Waals surface area contributed by atoms with Gasteiger partial charge >= 0.3 is 17.6 Å². The number of nitrogens with zero attached hydrogens (tertiary/aromatic N) is 3. The van der Waals surface area contributed by atoms with Crippen LogP contribution in [0.2, 0.25) is 0 Å². The van der Waals surface area contributed by atoms with Gasteiger partial charge in [0.1, 0.15) is 0 Å². The molecule has 0 radical (unpaired) electrons. The number of fused-ring (bicyclic) bond motifs is 1. The summed E-state index contributed by atoms with van der Waals surface area (Å²) in [6, 6.07) is 9.40. The fourth-order valence-corrected chi connectivity index (χ4v) is 3.32. The Bertz CT molecular complexity index is 1080. The number of benzene rings is 1. The van der Waals surface area contributed by atoms with E-state index in [0.29, 0.717) is 26.2 Å². The lowest BCUT2D eigenvalue weighted by atomic mass is 10.2. The third-order valence-corrected chi connectivity index (χ3v) is 5.02. The van der Waals surface area contributed by atoms with Gasteiger partial charge in [-0.25, -0.2) is 9.78 Å². The van der Waals surface area contributed by atoms with Crippen LogP contribution in [0.25, 0.3) is 11.2 Å². The van der Waals surface area contributed by atoms with Crippen molar-refractivity contribution in [3.63, 3.8) is 0 Å². The first-order chi connectivity index (χ1) is 13.5. The molecule has 1 aliphatic heterocycles. The predicted octanol–water partition coefficient (Wildman–Crippen LogP) is 1.57. The summed E-state index contributed by atoms with van der Waals surface area (Å²) in [6.45, 7) is 2.18. The van der Waals surface area contributed by atoms with E-state index in [2.05, 4.69) is 36.1 Å². The Labute approximate surface area is 167 Å². The molecule has 0 saturated carbocycles. The lowest BCUT2D eigenvalue weighted by Crippen LogP contribution is -2.51. The maximum atomic E-state index is 12.4. The topological polar surface area (TPSA) is 112 Å². The first-order valence-electron chi connectivity index (χ1n) is 8.59. The van der Waals surface area contributed by atoms with Crippen LogP contribution < -0.4 is 16.0 Å². The largest absolute Gasteiger partial charge is 0.418 e. The van der Waals surface area contributed by atoms with Crippen LogP contribution in [-0.4, -0.2) is 52.9 Å². The van der Waals surface area contributed by atoms with Crippen LogP contribution in [0.5, 0.6) is 0 Å². The van der Waals surface area contributed by atoms with Gasteiger partial charge < -0.3 is 19.5 Å². The summed E-state index contributed by atoms with van der Waals surface area (Å²) in [6.07, 6.45) is 1.35. The van der Waals surface area contributed by atoms with Crippen molar-refractivity contribution in [1.82, 2.24) is 14.9 Å². The minimum absolute atomic E-state index is 0.207. The highest BCUT2D eigenvalue weighted by Gasteiger charge is 2.26. The highest BCUT2D eigenvalue weighted by atomic mass is 79.9. The molecule has 1 aliphatic rings. The number of aromatic nitrogens is 2. The van der Waals surface area contributed by atoms with E-state index in [-0.39, 0.29) is 16.9 Å². The summed E-state index contributed by atoms with van der Waals surface area (Å²) >= 11 is 3.41. The van der Waals surface area contributed by atoms with Gasteiger partial charge in [0.15, 0.2) is 11.2 Å². The second-order valence-electron chi connectivity index (χ2n) is 6.30. The van der Waals surface area contributed by atoms with Crippen LogP contribution >= 0.6 is 15.9 Å². The molecule has 0 atom stereocenters. The van der Waals surface area contributed by atoms with E-state index >= 15 is 0 Å². The fourth-order valence-electron chi connectivity index (χ4n) is 3.05. The number of rotatable bonds is 2. The molecule has 3 aromatic rings. The summed E-state index contributed by atoms with van der Waals surface area (Å²) in [4.78, 5) is 46.0. The van der Waals surface area contributed by atoms with E-state index in [0.717, 1.165) is 10.2 Å². The molecule has 144 valence electrons. The van der Waals surface area contributed by atoms with Crippen molar-refractivity contribution in [2.24, 2.45) is 0 Å². The summed E-state index contributed by atoms with van der Waals surface area (Å²) < 4.78 is 5.91. The molecule has 1 saturated heterocycles. The van der Waals surface area contributed by atoms with Crippen molar-refractivity contribution in [3.8, 4) is 0 Å². The molecule has 1 aromatic carbocycles. The Hall–Kier alpha value is -3.14. The number of hydrogen-bond donors (Lipinski definition) is 2. The molecular weight excluding hydrogens is 430 g/mol. The number of oxazole rings is 1. The molecule has 0 aliphatic carbocycles. The molecule has 2 amide bonds. The van der Waals surface area contributed by atoms with Crippen molar-refractivity contribution in [1.29, 1.82) is 0 Å². The molecule has 0 unspecified atom stereocenters. The van der Waals surface area contributed by atoms with Crippen molar-refractivity contribution in [2.45, 2.75) is 0 Å². The molecule has 2 aromatic heterocycles. The predicted molar refractivity (Wildman–Crippen MR) is 106 cm³/mol. The number of pyridine rings is 1. The second-order valence-corrected chi connectivity index (χ2v) is 7.21. The molecule has 3 heterocycles. The number of aromatic amines is 1. The number of H-pyrrole nitrogens is 1. The zero-order valence-corrected chi connectivity index (χ0v) is 16.2. The van der Waals surface area contributed by atoms with E-state index in [1.54, 1.807) is 0 Å². The third-order valence-electron chi connectivity index (χ3n) is 4.49. The van der Waals surface area contributed by atoms with Crippen LogP contribution in [0, 0.1) is 0 Å². The minimum Gasteiger partial charge on any atom is -0.406 e. The van der Waals surface area contributed by atoms with E-state index in [4.69, 9.17) is 4.42 Å². The van der Waals surface area contributed by atoms with Gasteiger partial charge in [0.2, 0.25) is 0 Å². The average Bonchev–Trinajstić information content (AvgIpc) is 3.07. The molecule has 4 rings (SSSR count). The lowest BCUT2D eigenvalue weighted by Gasteiger charge is -2.35. The number of amides is 2. The fraction of sp³-hybridized carbons (Fsp3) is 0.222. The van der Waals surface area contributed by atoms with Crippen molar-refractivity contribution >= 4 is 50.3 Å². The summed E-state index contributed by atoms with van der Waals surface area (Å²) in [5.74, 6) is -1.99. The molecule has 1 fully saturated rings. The first kappa shape index (κ1) is 18.2. The zero-order chi connectivity index (χ0) is 19.7. The van der Waals surface area contributed by atoms with Crippen molar-refractivity contribution < 1.29 is 14.0 Å². The third kappa shape index (κ3) is 3.77. The van der Waals surface area contributed by atoms with Gasteiger partial charge in [-0.2, -0.15) is 0 Å². The molecule has 0 spiro atoms. The van der Waals surface area contributed by atoms with Crippen molar-refractivity contribution in [2.75, 3.05) is 36.4 Å². The monoisotopic (exact) mass is 445 g/mol. The van der Waals surface area contributed by atoms with E-state index in [1.807, 2.05) is 24.3 Å². The number of halogens is 1. The molecule has 2 N–H and O–H groups in total. The van der Waals surface area contributed by atoms with Gasteiger partial charge in [-0.15, -0.1) is 0 Å². The van der Waals surface area contributed by atoms with Gasteiger partial charge in [0.05, 0.1) is 11.9 Å². The number of nitrogens with one attached hydrogen (secondary N) is 2. The Balaban J connectivity index is 1.36. The molecular formula is C18H16BrN5O4. The lowest BCUT2D eigenvalue weighted by molar-refractivity contribution is -0.143. The van der Waals surface area contributed by atoms with Crippen LogP contribution in [-0.2, 0) is 9.59 Å². The van der Waals surface area contributed by atoms with Gasteiger partial charge in [0.25, 0.3) is 0 Å². The number of piperazine rings is 1. The number of anilines is 2. The Morgan fingerprint density at radius 1 is 1.14 bits per heavy atom. The van der Waals surface area contributed by atoms with Crippen LogP contribution in [0.15, 0.2) is 50.2 Å². The highest BCUT2D eigenvalue weighted by molar-refractivity contribution is 9.10. The molecule has 28 heavy (non-hydrogen) atoms. The van der Waals surface area contributed by atoms with Gasteiger partial charge in [0, 0.05) is 42.4 Å². The van der Waals surface area contributed by atoms with Crippen LogP contribution in [0.1, 0.15) is 0 Å². The highest BCUT2D eigenvalue weighted by Crippen LogP contribution is 2.20. The quantitative estimate of drug-likeness (QED) is 0.579. The maximum Gasteiger partial charge on any atom is 0.418 e. The van der Waals surface area contributed by atoms with Crippen molar-refractivity contribution in [3.05, 3.63) is 51.6 Å². The standard InChI is InChI=1S/C18H16BrN5O4/c19-11-1-3-13(4-2-11)23-5-7-24(8-6-23)17(26)16(25)21-12-9-14-15(20-10-12)22-18(27)28-14/h1-4,9-10H,5-8H2,(H,21,25)(H,20,22,27). The number of carbonyl (C=O) groups excluding carboxylic acids is 2. The summed E-state index contributed by atoms with van der Waals surface area (Å²) in [5, 5.41) is 2.50. The van der Waals surface area contributed by atoms with E-state index in [9.17, 15) is 14.4 Å². The summed E-state index contributed by atoms with van der Waals surface area (Å²) in [5.41, 5.74) is 1.84. The minimum atomic E-state index is -0.754. The Morgan fingerprint density at radius 3 is 2.57 bits per heavy atom. The average molecular weight is 446 g/mol. The normalized spacial score (nSPS) is 14.3. The van der Waals surface area contributed by atoms with E-state index in [1.165, 1.54) is 17.2 Å². The Kier molecular flexibility index (Phi) is 4.86. The maximum absolute atomic E-state index is 12.4. The Morgan fingerprint density at radius 2 is 1.86 bits per heavy atom. The van der Waals surface area contributed by atoms with Crippen LogP contribution in [0.4, 0.5) is 11.4 Å². The zero-order valence-electron chi connectivity index (χ0n) is 14.6. The second kappa shape index (κ2) is 7.47.